The number of aromatic nitrogens is 2. The Morgan fingerprint density at radius 1 is 1.31 bits per heavy atom. The molecule has 2 heterocycles. The van der Waals surface area contributed by atoms with Crippen molar-refractivity contribution >= 4 is 28.5 Å². The summed E-state index contributed by atoms with van der Waals surface area (Å²) in [5.41, 5.74) is 1.05. The van der Waals surface area contributed by atoms with Crippen molar-refractivity contribution < 1.29 is 0 Å². The van der Waals surface area contributed by atoms with E-state index in [0.717, 1.165) is 28.3 Å². The first-order chi connectivity index (χ1) is 7.75. The van der Waals surface area contributed by atoms with Gasteiger partial charge in [0.15, 0.2) is 0 Å². The Morgan fingerprint density at radius 2 is 2.00 bits per heavy atom. The van der Waals surface area contributed by atoms with Crippen LogP contribution in [0, 0.1) is 3.57 Å². The molecule has 2 fully saturated rings. The number of hydrogen-bond donors (Lipinski definition) is 1. The zero-order valence-electron chi connectivity index (χ0n) is 9.00. The van der Waals surface area contributed by atoms with Crippen LogP contribution in [-0.2, 0) is 0 Å². The molecule has 1 aromatic rings. The number of nitrogens with zero attached hydrogens (tertiary/aromatic N) is 2. The molecule has 2 aliphatic rings. The first-order valence-corrected chi connectivity index (χ1v) is 6.88. The minimum absolute atomic E-state index is 0.0272. The second-order valence-electron chi connectivity index (χ2n) is 4.56. The number of anilines is 1. The van der Waals surface area contributed by atoms with Gasteiger partial charge in [-0.05, 0) is 48.3 Å². The van der Waals surface area contributed by atoms with Gasteiger partial charge in [0.25, 0.3) is 5.56 Å². The first kappa shape index (κ1) is 10.6. The van der Waals surface area contributed by atoms with Crippen molar-refractivity contribution in [1.82, 2.24) is 9.97 Å². The maximum absolute atomic E-state index is 11.8. The normalized spacial score (nSPS) is 20.4. The molecular formula is C11H14IN3O. The quantitative estimate of drug-likeness (QED) is 0.842. The maximum Gasteiger partial charge on any atom is 0.266 e. The molecule has 0 aromatic carbocycles. The van der Waals surface area contributed by atoms with Crippen LogP contribution < -0.4 is 10.5 Å². The van der Waals surface area contributed by atoms with Crippen LogP contribution in [0.25, 0.3) is 0 Å². The second-order valence-corrected chi connectivity index (χ2v) is 5.64. The molecule has 3 rings (SSSR count). The lowest BCUT2D eigenvalue weighted by Gasteiger charge is -2.16. The van der Waals surface area contributed by atoms with Crippen molar-refractivity contribution in [3.8, 4) is 0 Å². The summed E-state index contributed by atoms with van der Waals surface area (Å²) < 4.78 is 0.781. The van der Waals surface area contributed by atoms with E-state index in [1.54, 1.807) is 0 Å². The zero-order valence-corrected chi connectivity index (χ0v) is 11.2. The van der Waals surface area contributed by atoms with Crippen LogP contribution in [0.1, 0.15) is 37.3 Å². The van der Waals surface area contributed by atoms with Crippen molar-refractivity contribution in [3.63, 3.8) is 0 Å². The van der Waals surface area contributed by atoms with E-state index in [9.17, 15) is 4.79 Å². The summed E-state index contributed by atoms with van der Waals surface area (Å²) in [4.78, 5) is 21.5. The van der Waals surface area contributed by atoms with E-state index in [-0.39, 0.29) is 5.56 Å². The van der Waals surface area contributed by atoms with Crippen LogP contribution in [0.5, 0.6) is 0 Å². The highest BCUT2D eigenvalue weighted by atomic mass is 127. The average molecular weight is 331 g/mol. The number of H-pyrrole nitrogens is 1. The van der Waals surface area contributed by atoms with Crippen molar-refractivity contribution in [2.24, 2.45) is 0 Å². The van der Waals surface area contributed by atoms with Crippen molar-refractivity contribution in [2.75, 3.05) is 18.0 Å². The van der Waals surface area contributed by atoms with Crippen molar-refractivity contribution in [2.45, 2.75) is 31.6 Å². The number of halogens is 1. The minimum Gasteiger partial charge on any atom is -0.342 e. The summed E-state index contributed by atoms with van der Waals surface area (Å²) in [5.74, 6) is 1.32. The fourth-order valence-electron chi connectivity index (χ4n) is 2.17. The van der Waals surface area contributed by atoms with Crippen LogP contribution in [0.4, 0.5) is 5.95 Å². The smallest absolute Gasteiger partial charge is 0.266 e. The Kier molecular flexibility index (Phi) is 2.65. The summed E-state index contributed by atoms with van der Waals surface area (Å²) in [7, 11) is 0. The summed E-state index contributed by atoms with van der Waals surface area (Å²) in [6, 6.07) is 0. The van der Waals surface area contributed by atoms with Gasteiger partial charge in [-0.1, -0.05) is 0 Å². The maximum atomic E-state index is 11.8. The van der Waals surface area contributed by atoms with E-state index >= 15 is 0 Å². The fourth-order valence-corrected chi connectivity index (χ4v) is 2.87. The molecule has 0 bridgehead atoms. The van der Waals surface area contributed by atoms with Gasteiger partial charge in [-0.25, -0.2) is 4.98 Å². The van der Waals surface area contributed by atoms with Crippen LogP contribution in [0.3, 0.4) is 0 Å². The van der Waals surface area contributed by atoms with Crippen molar-refractivity contribution in [3.05, 3.63) is 19.6 Å². The van der Waals surface area contributed by atoms with E-state index in [1.807, 2.05) is 0 Å². The number of hydrogen-bond acceptors (Lipinski definition) is 3. The SMILES string of the molecule is O=c1[nH]c(N2CCCC2)nc(C2CC2)c1I. The minimum atomic E-state index is 0.0272. The molecule has 0 atom stereocenters. The topological polar surface area (TPSA) is 49.0 Å². The molecule has 4 nitrogen and oxygen atoms in total. The number of rotatable bonds is 2. The van der Waals surface area contributed by atoms with E-state index in [1.165, 1.54) is 25.7 Å². The molecule has 0 amide bonds. The molecule has 1 aliphatic carbocycles. The summed E-state index contributed by atoms with van der Waals surface area (Å²) in [6.07, 6.45) is 4.78. The molecule has 0 unspecified atom stereocenters. The summed E-state index contributed by atoms with van der Waals surface area (Å²) in [6.45, 7) is 2.04. The lowest BCUT2D eigenvalue weighted by Crippen LogP contribution is -2.26. The predicted molar refractivity (Wildman–Crippen MR) is 71.0 cm³/mol. The van der Waals surface area contributed by atoms with Crippen LogP contribution in [0.15, 0.2) is 4.79 Å². The Labute approximate surface area is 108 Å². The molecule has 0 radical (unpaired) electrons. The molecule has 1 aromatic heterocycles. The Balaban J connectivity index is 2.02. The molecule has 1 N–H and O–H groups in total. The van der Waals surface area contributed by atoms with Gasteiger partial charge in [-0.15, -0.1) is 0 Å². The third-order valence-corrected chi connectivity index (χ3v) is 4.29. The van der Waals surface area contributed by atoms with Crippen LogP contribution in [-0.4, -0.2) is 23.1 Å². The molecule has 5 heteroatoms. The summed E-state index contributed by atoms with van der Waals surface area (Å²) in [5, 5.41) is 0. The largest absolute Gasteiger partial charge is 0.342 e. The number of aromatic amines is 1. The third-order valence-electron chi connectivity index (χ3n) is 3.25. The highest BCUT2D eigenvalue weighted by Crippen LogP contribution is 2.40. The van der Waals surface area contributed by atoms with Gasteiger partial charge >= 0.3 is 0 Å². The molecule has 1 aliphatic heterocycles. The second kappa shape index (κ2) is 4.01. The van der Waals surface area contributed by atoms with Gasteiger partial charge in [-0.3, -0.25) is 9.78 Å². The van der Waals surface area contributed by atoms with Gasteiger partial charge < -0.3 is 4.90 Å². The van der Waals surface area contributed by atoms with E-state index in [0.29, 0.717) is 5.92 Å². The van der Waals surface area contributed by atoms with Crippen molar-refractivity contribution in [1.29, 1.82) is 0 Å². The zero-order chi connectivity index (χ0) is 11.1. The molecule has 1 saturated carbocycles. The number of nitrogens with one attached hydrogen (secondary N) is 1. The fraction of sp³-hybridized carbons (Fsp3) is 0.636. The average Bonchev–Trinajstić information content (AvgIpc) is 2.96. The van der Waals surface area contributed by atoms with Crippen LogP contribution >= 0.6 is 22.6 Å². The Morgan fingerprint density at radius 3 is 2.62 bits per heavy atom. The molecule has 1 saturated heterocycles. The van der Waals surface area contributed by atoms with Gasteiger partial charge in [0, 0.05) is 19.0 Å². The third kappa shape index (κ3) is 1.85. The monoisotopic (exact) mass is 331 g/mol. The predicted octanol–water partition coefficient (Wildman–Crippen LogP) is 1.85. The highest BCUT2D eigenvalue weighted by Gasteiger charge is 2.29. The first-order valence-electron chi connectivity index (χ1n) is 5.80. The van der Waals surface area contributed by atoms with Gasteiger partial charge in [0.1, 0.15) is 3.57 Å². The van der Waals surface area contributed by atoms with E-state index in [2.05, 4.69) is 37.5 Å². The standard InChI is InChI=1S/C11H14IN3O/c12-8-9(7-3-4-7)13-11(14-10(8)16)15-5-1-2-6-15/h7H,1-6H2,(H,13,14,16). The van der Waals surface area contributed by atoms with Gasteiger partial charge in [-0.2, -0.15) is 0 Å². The molecule has 0 spiro atoms. The Hall–Kier alpha value is -0.590. The molecular weight excluding hydrogens is 317 g/mol. The Bertz CT molecular complexity index is 461. The van der Waals surface area contributed by atoms with Gasteiger partial charge in [0.05, 0.1) is 5.69 Å². The lowest BCUT2D eigenvalue weighted by atomic mass is 10.3. The van der Waals surface area contributed by atoms with Gasteiger partial charge in [0.2, 0.25) is 5.95 Å². The van der Waals surface area contributed by atoms with E-state index < -0.39 is 0 Å². The summed E-state index contributed by atoms with van der Waals surface area (Å²) >= 11 is 2.12. The molecule has 86 valence electrons. The van der Waals surface area contributed by atoms with E-state index in [4.69, 9.17) is 0 Å². The lowest BCUT2D eigenvalue weighted by molar-refractivity contribution is 0.854. The molecule has 16 heavy (non-hydrogen) atoms. The van der Waals surface area contributed by atoms with Crippen LogP contribution in [0.2, 0.25) is 0 Å². The highest BCUT2D eigenvalue weighted by molar-refractivity contribution is 14.1.